The van der Waals surface area contributed by atoms with Crippen LogP contribution in [0.3, 0.4) is 0 Å². The largest absolute Gasteiger partial charge is 0.790 e. The number of anilines is 1. The summed E-state index contributed by atoms with van der Waals surface area (Å²) in [5, 5.41) is 26.6. The maximum atomic E-state index is 12.7. The van der Waals surface area contributed by atoms with Crippen molar-refractivity contribution in [3.8, 4) is 0 Å². The molecule has 3 heterocycles. The first-order chi connectivity index (χ1) is 41.6. The molecular weight excluding hydrogens is 1200 g/mol. The minimum atomic E-state index is -5.93. The summed E-state index contributed by atoms with van der Waals surface area (Å²) in [7, 11) is -17.6. The van der Waals surface area contributed by atoms with E-state index in [0.29, 0.717) is 12.2 Å². The molecule has 1 aliphatic heterocycles. The first kappa shape index (κ1) is 77.5. The molecule has 0 aromatic carbocycles. The van der Waals surface area contributed by atoms with Crippen molar-refractivity contribution in [2.24, 2.45) is 5.41 Å². The SMILES string of the molecule is CCCCCC=CCC=CCC=CCC=CCC=CCCCCCCCCCCCCCCCCCCC(=O)SCCNC(=O)CCNC(=O)C(O)C(C)(C)COP(=O)([O-])OP(=O)([O-])OCC1OC(n2cnc3c(N)ncnc32)C(O)C1OP(=O)([O-])[O-]. The number of unbranched alkanes of at least 4 members (excludes halogenated alkanes) is 19. The molecule has 0 bridgehead atoms. The van der Waals surface area contributed by atoms with Crippen LogP contribution in [0.2, 0.25) is 0 Å². The fourth-order valence-electron chi connectivity index (χ4n) is 9.18. The van der Waals surface area contributed by atoms with Gasteiger partial charge in [0.15, 0.2) is 22.8 Å². The van der Waals surface area contributed by atoms with Crippen LogP contribution in [0.4, 0.5) is 5.82 Å². The van der Waals surface area contributed by atoms with Crippen LogP contribution in [0.1, 0.15) is 200 Å². The van der Waals surface area contributed by atoms with Gasteiger partial charge in [0.2, 0.25) is 11.8 Å². The number of aromatic nitrogens is 4. The van der Waals surface area contributed by atoms with Crippen molar-refractivity contribution >= 4 is 69.1 Å². The number of ether oxygens (including phenoxy) is 1. The Morgan fingerprint density at radius 3 is 1.76 bits per heavy atom. The summed E-state index contributed by atoms with van der Waals surface area (Å²) in [6.45, 7) is 2.42. The van der Waals surface area contributed by atoms with Crippen molar-refractivity contribution in [1.29, 1.82) is 0 Å². The molecule has 3 rings (SSSR count). The third kappa shape index (κ3) is 34.9. The highest BCUT2D eigenvalue weighted by molar-refractivity contribution is 8.13. The predicted molar refractivity (Wildman–Crippen MR) is 330 cm³/mol. The lowest BCUT2D eigenvalue weighted by Crippen LogP contribution is -2.46. The number of carbonyl (C=O) groups excluding carboxylic acids is 3. The number of phosphoric ester groups is 3. The smallest absolute Gasteiger partial charge is 0.274 e. The lowest BCUT2D eigenvalue weighted by Gasteiger charge is -2.36. The third-order valence-electron chi connectivity index (χ3n) is 14.1. The number of allylic oxidation sites excluding steroid dienone is 10. The molecule has 6 N–H and O–H groups in total. The Kier molecular flexibility index (Phi) is 39.1. The summed E-state index contributed by atoms with van der Waals surface area (Å²) in [5.41, 5.74) is 4.10. The van der Waals surface area contributed by atoms with Gasteiger partial charge in [0.25, 0.3) is 15.6 Å². The van der Waals surface area contributed by atoms with Crippen LogP contribution >= 0.6 is 35.2 Å². The van der Waals surface area contributed by atoms with Gasteiger partial charge in [0.1, 0.15) is 36.3 Å². The summed E-state index contributed by atoms with van der Waals surface area (Å²) in [6, 6.07) is 0. The second kappa shape index (κ2) is 43.9. The number of nitrogens with two attached hydrogens (primary N) is 1. The van der Waals surface area contributed by atoms with Crippen LogP contribution in [0.15, 0.2) is 73.4 Å². The molecule has 0 radical (unpaired) electrons. The van der Waals surface area contributed by atoms with Crippen molar-refractivity contribution < 1.29 is 80.5 Å². The standard InChI is InChI=1S/C59H100N7O17P3S/c1-4-5-6-7-8-9-10-11-12-13-14-15-16-17-18-19-20-21-22-23-24-25-26-27-28-29-30-31-32-33-34-35-36-37-38-39-50(68)87-43-42-61-49(67)40-41-62-57(71)54(70)59(2,3)45-80-86(77,78)83-85(75,76)79-44-48-53(82-84(72,73)74)52(69)58(81-48)66-47-65-51-55(60)63-46-64-56(51)66/h8-9,11-12,14-15,17-18,20-21,46-48,52-54,58,69-70H,4-7,10,13,16,19,22-45H2,1-3H3,(H,61,67)(H,62,71)(H,75,76)(H,77,78)(H2,60,63,64)(H2,72,73,74)/p-4. The molecular formula is C59H96N7O17P3S-4. The highest BCUT2D eigenvalue weighted by Gasteiger charge is 2.47. The lowest BCUT2D eigenvalue weighted by atomic mass is 9.87. The molecule has 494 valence electrons. The Bertz CT molecular complexity index is 2600. The number of phosphoric acid groups is 3. The minimum absolute atomic E-state index is 0.0185. The lowest BCUT2D eigenvalue weighted by molar-refractivity contribution is -0.347. The van der Waals surface area contributed by atoms with E-state index in [4.69, 9.17) is 10.5 Å². The molecule has 2 aromatic rings. The number of nitrogen functional groups attached to an aromatic ring is 1. The Balaban J connectivity index is 1.12. The number of fused-ring (bicyclic) bond motifs is 1. The summed E-state index contributed by atoms with van der Waals surface area (Å²) in [5.74, 6) is -1.13. The Morgan fingerprint density at radius 1 is 0.713 bits per heavy atom. The van der Waals surface area contributed by atoms with Gasteiger partial charge >= 0.3 is 0 Å². The summed E-state index contributed by atoms with van der Waals surface area (Å²) in [4.78, 5) is 97.4. The van der Waals surface area contributed by atoms with Gasteiger partial charge in [-0.2, -0.15) is 0 Å². The number of hydrogen-bond acceptors (Lipinski definition) is 22. The van der Waals surface area contributed by atoms with Crippen LogP contribution in [-0.4, -0.2) is 103 Å². The van der Waals surface area contributed by atoms with Crippen LogP contribution in [0, 0.1) is 5.41 Å². The number of amides is 2. The highest BCUT2D eigenvalue weighted by Crippen LogP contribution is 2.56. The maximum Gasteiger partial charge on any atom is 0.274 e. The molecule has 28 heteroatoms. The summed E-state index contributed by atoms with van der Waals surface area (Å²) in [6.07, 6.45) is 45.7. The third-order valence-corrected chi connectivity index (χ3v) is 18.1. The molecule has 2 aromatic heterocycles. The zero-order valence-electron chi connectivity index (χ0n) is 51.1. The van der Waals surface area contributed by atoms with Gasteiger partial charge < -0.3 is 69.0 Å². The van der Waals surface area contributed by atoms with E-state index in [2.05, 4.69) is 111 Å². The molecule has 0 aliphatic carbocycles. The highest BCUT2D eigenvalue weighted by atomic mass is 32.2. The number of carbonyl (C=O) groups is 3. The number of nitrogens with zero attached hydrogens (tertiary/aromatic N) is 4. The molecule has 1 saturated heterocycles. The number of aliphatic hydroxyl groups is 2. The molecule has 7 unspecified atom stereocenters. The van der Waals surface area contributed by atoms with E-state index < -0.39 is 84.6 Å². The van der Waals surface area contributed by atoms with Gasteiger partial charge in [0, 0.05) is 37.1 Å². The number of hydrogen-bond donors (Lipinski definition) is 5. The van der Waals surface area contributed by atoms with E-state index >= 15 is 0 Å². The minimum Gasteiger partial charge on any atom is -0.790 e. The average Bonchev–Trinajstić information content (AvgIpc) is 1.70. The molecule has 0 spiro atoms. The van der Waals surface area contributed by atoms with Gasteiger partial charge in [-0.25, -0.2) is 19.3 Å². The first-order valence-corrected chi connectivity index (χ1v) is 36.1. The Morgan fingerprint density at radius 2 is 1.22 bits per heavy atom. The van der Waals surface area contributed by atoms with E-state index in [1.807, 2.05) is 0 Å². The summed E-state index contributed by atoms with van der Waals surface area (Å²) >= 11 is 1.15. The predicted octanol–water partition coefficient (Wildman–Crippen LogP) is 9.08. The van der Waals surface area contributed by atoms with Gasteiger partial charge in [-0.3, -0.25) is 28.1 Å². The number of imidazole rings is 1. The topological polar surface area (TPSA) is 375 Å². The zero-order chi connectivity index (χ0) is 63.8. The molecule has 0 saturated carbocycles. The molecule has 87 heavy (non-hydrogen) atoms. The molecule has 24 nitrogen and oxygen atoms in total. The van der Waals surface area contributed by atoms with Crippen molar-refractivity contribution in [3.63, 3.8) is 0 Å². The Labute approximate surface area is 518 Å². The van der Waals surface area contributed by atoms with Crippen molar-refractivity contribution in [2.75, 3.05) is 37.8 Å². The number of aliphatic hydroxyl groups excluding tert-OH is 2. The zero-order valence-corrected chi connectivity index (χ0v) is 54.6. The number of rotatable bonds is 50. The Hall–Kier alpha value is -3.74. The molecule has 1 aliphatic rings. The second-order valence-electron chi connectivity index (χ2n) is 22.2. The van der Waals surface area contributed by atoms with Crippen LogP contribution < -0.4 is 35.9 Å². The quantitative estimate of drug-likeness (QED) is 0.0234. The first-order valence-electron chi connectivity index (χ1n) is 30.8. The summed E-state index contributed by atoms with van der Waals surface area (Å²) < 4.78 is 61.1. The van der Waals surface area contributed by atoms with Crippen molar-refractivity contribution in [2.45, 2.75) is 225 Å². The van der Waals surface area contributed by atoms with E-state index in [9.17, 15) is 57.9 Å². The van der Waals surface area contributed by atoms with Gasteiger partial charge in [0.05, 0.1) is 27.4 Å². The monoisotopic (exact) mass is 1300 g/mol. The van der Waals surface area contributed by atoms with Gasteiger partial charge in [-0.1, -0.05) is 196 Å². The normalized spacial score (nSPS) is 18.7. The van der Waals surface area contributed by atoms with Crippen LogP contribution in [0.5, 0.6) is 0 Å². The van der Waals surface area contributed by atoms with Gasteiger partial charge in [-0.15, -0.1) is 0 Å². The fourth-order valence-corrected chi connectivity index (χ4v) is 12.6. The van der Waals surface area contributed by atoms with Crippen molar-refractivity contribution in [1.82, 2.24) is 30.2 Å². The number of thioether (sulfide) groups is 1. The molecule has 7 atom stereocenters. The van der Waals surface area contributed by atoms with Crippen LogP contribution in [-0.2, 0) is 50.7 Å². The van der Waals surface area contributed by atoms with E-state index in [0.717, 1.165) is 73.9 Å². The van der Waals surface area contributed by atoms with Crippen molar-refractivity contribution in [3.05, 3.63) is 73.4 Å². The van der Waals surface area contributed by atoms with E-state index in [1.54, 1.807) is 0 Å². The average molecular weight is 1300 g/mol. The second-order valence-corrected chi connectivity index (χ2v) is 27.4. The van der Waals surface area contributed by atoms with Gasteiger partial charge in [-0.05, 0) is 57.8 Å². The fraction of sp³-hybridized carbons (Fsp3) is 0.695. The molecule has 1 fully saturated rings. The number of nitrogens with one attached hydrogen (secondary N) is 2. The van der Waals surface area contributed by atoms with E-state index in [-0.39, 0.29) is 41.6 Å². The molecule has 2 amide bonds. The van der Waals surface area contributed by atoms with E-state index in [1.165, 1.54) is 129 Å². The maximum absolute atomic E-state index is 12.7. The van der Waals surface area contributed by atoms with Crippen LogP contribution in [0.25, 0.3) is 11.2 Å².